The Labute approximate surface area is 69.6 Å². The third kappa shape index (κ3) is 5.18. The van der Waals surface area contributed by atoms with Gasteiger partial charge in [-0.15, -0.1) is 0 Å². The molecule has 0 radical (unpaired) electrons. The van der Waals surface area contributed by atoms with E-state index in [-0.39, 0.29) is 6.61 Å². The van der Waals surface area contributed by atoms with Crippen molar-refractivity contribution in [1.29, 1.82) is 0 Å². The topological polar surface area (TPSA) is 26.7 Å². The molecule has 0 aliphatic heterocycles. The number of likely N-dealkylation sites (N-methyl/N-ethyl adjacent to an activating group) is 2. The molecule has 1 unspecified atom stereocenters. The highest BCUT2D eigenvalue weighted by molar-refractivity contribution is 4.63. The van der Waals surface area contributed by atoms with Crippen LogP contribution in [0.2, 0.25) is 0 Å². The predicted molar refractivity (Wildman–Crippen MR) is 47.7 cm³/mol. The molecule has 0 bridgehead atoms. The molecule has 0 aliphatic carbocycles. The number of hydrogen-bond donors (Lipinski definition) is 1. The van der Waals surface area contributed by atoms with Crippen molar-refractivity contribution >= 4 is 0 Å². The molecule has 3 heteroatoms. The lowest BCUT2D eigenvalue weighted by Gasteiger charge is -2.25. The summed E-state index contributed by atoms with van der Waals surface area (Å²) in [5.74, 6) is 0. The van der Waals surface area contributed by atoms with Gasteiger partial charge in [0.25, 0.3) is 0 Å². The second-order valence-corrected chi connectivity index (χ2v) is 3.30. The van der Waals surface area contributed by atoms with Gasteiger partial charge in [-0.1, -0.05) is 0 Å². The van der Waals surface area contributed by atoms with Crippen molar-refractivity contribution in [2.24, 2.45) is 0 Å². The molecule has 0 spiro atoms. The quantitative estimate of drug-likeness (QED) is 0.606. The lowest BCUT2D eigenvalue weighted by Crippen LogP contribution is -2.37. The van der Waals surface area contributed by atoms with E-state index in [1.807, 2.05) is 7.05 Å². The molecular formula is C8H20N2O. The molecule has 0 aromatic rings. The summed E-state index contributed by atoms with van der Waals surface area (Å²) in [7, 11) is 6.16. The molecule has 68 valence electrons. The van der Waals surface area contributed by atoms with Gasteiger partial charge in [-0.2, -0.15) is 0 Å². The minimum atomic E-state index is 0.247. The molecule has 0 amide bonds. The second-order valence-electron chi connectivity index (χ2n) is 3.30. The first-order chi connectivity index (χ1) is 5.07. The molecule has 1 atom stereocenters. The van der Waals surface area contributed by atoms with E-state index >= 15 is 0 Å². The molecule has 0 saturated heterocycles. The zero-order valence-corrected chi connectivity index (χ0v) is 8.04. The number of aliphatic hydroxyl groups excluding tert-OH is 1. The van der Waals surface area contributed by atoms with Gasteiger partial charge in [0.05, 0.1) is 6.61 Å². The van der Waals surface area contributed by atoms with Crippen LogP contribution in [0.15, 0.2) is 0 Å². The fraction of sp³-hybridized carbons (Fsp3) is 1.00. The summed E-state index contributed by atoms with van der Waals surface area (Å²) in [4.78, 5) is 4.30. The number of hydrogen-bond acceptors (Lipinski definition) is 3. The van der Waals surface area contributed by atoms with Crippen LogP contribution in [0.4, 0.5) is 0 Å². The average molecular weight is 160 g/mol. The first-order valence-electron chi connectivity index (χ1n) is 4.03. The van der Waals surface area contributed by atoms with Gasteiger partial charge in [0.2, 0.25) is 0 Å². The fourth-order valence-electron chi connectivity index (χ4n) is 0.876. The molecular weight excluding hydrogens is 140 g/mol. The molecule has 0 aromatic heterocycles. The molecule has 0 saturated carbocycles. The summed E-state index contributed by atoms with van der Waals surface area (Å²) in [5, 5.41) is 8.63. The number of rotatable bonds is 5. The molecule has 0 aliphatic rings. The summed E-state index contributed by atoms with van der Waals surface area (Å²) in [6, 6.07) is 0.548. The highest BCUT2D eigenvalue weighted by atomic mass is 16.3. The fourth-order valence-corrected chi connectivity index (χ4v) is 0.876. The van der Waals surface area contributed by atoms with Crippen molar-refractivity contribution in [3.63, 3.8) is 0 Å². The van der Waals surface area contributed by atoms with Crippen LogP contribution < -0.4 is 0 Å². The van der Waals surface area contributed by atoms with Crippen molar-refractivity contribution in [2.75, 3.05) is 40.8 Å². The zero-order chi connectivity index (χ0) is 8.85. The Morgan fingerprint density at radius 1 is 1.27 bits per heavy atom. The van der Waals surface area contributed by atoms with Crippen molar-refractivity contribution in [2.45, 2.75) is 13.0 Å². The van der Waals surface area contributed by atoms with Gasteiger partial charge in [0.15, 0.2) is 0 Å². The summed E-state index contributed by atoms with van der Waals surface area (Å²) in [5.41, 5.74) is 0. The van der Waals surface area contributed by atoms with Crippen LogP contribution in [-0.4, -0.2) is 61.8 Å². The van der Waals surface area contributed by atoms with E-state index in [0.717, 1.165) is 13.1 Å². The predicted octanol–water partition coefficient (Wildman–Crippen LogP) is -0.139. The monoisotopic (exact) mass is 160 g/mol. The maximum atomic E-state index is 8.63. The smallest absolute Gasteiger partial charge is 0.0558 e. The molecule has 1 N–H and O–H groups in total. The van der Waals surface area contributed by atoms with Gasteiger partial charge >= 0.3 is 0 Å². The van der Waals surface area contributed by atoms with Crippen molar-refractivity contribution < 1.29 is 5.11 Å². The maximum Gasteiger partial charge on any atom is 0.0558 e. The van der Waals surface area contributed by atoms with Crippen LogP contribution in [0.25, 0.3) is 0 Å². The zero-order valence-electron chi connectivity index (χ0n) is 8.04. The first kappa shape index (κ1) is 10.9. The van der Waals surface area contributed by atoms with E-state index in [0.29, 0.717) is 6.04 Å². The standard InChI is InChI=1S/C8H20N2O/c1-8(9(2)3)7-10(4)5-6-11/h8,11H,5-7H2,1-4H3. The summed E-state index contributed by atoms with van der Waals surface area (Å²) >= 11 is 0. The first-order valence-corrected chi connectivity index (χ1v) is 4.03. The Morgan fingerprint density at radius 3 is 2.18 bits per heavy atom. The Balaban J connectivity index is 3.48. The van der Waals surface area contributed by atoms with E-state index in [1.54, 1.807) is 0 Å². The Hall–Kier alpha value is -0.120. The highest BCUT2D eigenvalue weighted by Gasteiger charge is 2.06. The third-order valence-corrected chi connectivity index (χ3v) is 1.94. The van der Waals surface area contributed by atoms with Crippen molar-refractivity contribution in [1.82, 2.24) is 9.80 Å². The van der Waals surface area contributed by atoms with E-state index in [2.05, 4.69) is 30.8 Å². The van der Waals surface area contributed by atoms with E-state index in [4.69, 9.17) is 5.11 Å². The SMILES string of the molecule is CC(CN(C)CCO)N(C)C. The minimum Gasteiger partial charge on any atom is -0.395 e. The van der Waals surface area contributed by atoms with Crippen LogP contribution in [0, 0.1) is 0 Å². The summed E-state index contributed by atoms with van der Waals surface area (Å²) in [6.45, 7) is 4.19. The Bertz CT molecular complexity index is 96.1. The normalized spacial score (nSPS) is 14.5. The summed E-state index contributed by atoms with van der Waals surface area (Å²) in [6.07, 6.45) is 0. The van der Waals surface area contributed by atoms with Crippen LogP contribution in [-0.2, 0) is 0 Å². The van der Waals surface area contributed by atoms with Gasteiger partial charge in [-0.25, -0.2) is 0 Å². The van der Waals surface area contributed by atoms with E-state index in [1.165, 1.54) is 0 Å². The van der Waals surface area contributed by atoms with Gasteiger partial charge in [-0.05, 0) is 28.1 Å². The van der Waals surface area contributed by atoms with Crippen molar-refractivity contribution in [3.8, 4) is 0 Å². The summed E-state index contributed by atoms with van der Waals surface area (Å²) < 4.78 is 0. The maximum absolute atomic E-state index is 8.63. The van der Waals surface area contributed by atoms with Crippen LogP contribution in [0.3, 0.4) is 0 Å². The van der Waals surface area contributed by atoms with Crippen molar-refractivity contribution in [3.05, 3.63) is 0 Å². The second kappa shape index (κ2) is 5.52. The van der Waals surface area contributed by atoms with Crippen LogP contribution >= 0.6 is 0 Å². The van der Waals surface area contributed by atoms with Crippen LogP contribution in [0.5, 0.6) is 0 Å². The molecule has 0 rings (SSSR count). The average Bonchev–Trinajstić information content (AvgIpc) is 1.87. The van der Waals surface area contributed by atoms with E-state index in [9.17, 15) is 0 Å². The molecule has 0 heterocycles. The lowest BCUT2D eigenvalue weighted by atomic mass is 10.3. The third-order valence-electron chi connectivity index (χ3n) is 1.94. The number of nitrogens with zero attached hydrogens (tertiary/aromatic N) is 2. The highest BCUT2D eigenvalue weighted by Crippen LogP contribution is 1.93. The Morgan fingerprint density at radius 2 is 1.82 bits per heavy atom. The molecule has 0 fully saturated rings. The molecule has 0 aromatic carbocycles. The van der Waals surface area contributed by atoms with Gasteiger partial charge in [-0.3, -0.25) is 0 Å². The lowest BCUT2D eigenvalue weighted by molar-refractivity contribution is 0.181. The molecule has 3 nitrogen and oxygen atoms in total. The van der Waals surface area contributed by atoms with Crippen LogP contribution in [0.1, 0.15) is 6.92 Å². The molecule has 11 heavy (non-hydrogen) atoms. The minimum absolute atomic E-state index is 0.247. The van der Waals surface area contributed by atoms with Gasteiger partial charge in [0, 0.05) is 19.1 Å². The Kier molecular flexibility index (Phi) is 5.46. The number of aliphatic hydroxyl groups is 1. The van der Waals surface area contributed by atoms with Gasteiger partial charge < -0.3 is 14.9 Å². The van der Waals surface area contributed by atoms with Gasteiger partial charge in [0.1, 0.15) is 0 Å². The largest absolute Gasteiger partial charge is 0.395 e. The van der Waals surface area contributed by atoms with E-state index < -0.39 is 0 Å².